The van der Waals surface area contributed by atoms with Gasteiger partial charge in [-0.2, -0.15) is 19.9 Å². The molecule has 4 aromatic heterocycles. The largest absolute Gasteiger partial charge is 0.278 e. The molecular formula is C92H58N8. The molecule has 0 amide bonds. The highest BCUT2D eigenvalue weighted by atomic mass is 15.2. The number of fused-ring (bicyclic) bond motifs is 14. The summed E-state index contributed by atoms with van der Waals surface area (Å²) < 4.78 is 4.55. The lowest BCUT2D eigenvalue weighted by Crippen LogP contribution is -2.29. The van der Waals surface area contributed by atoms with Gasteiger partial charge in [0.05, 0.1) is 32.9 Å². The Balaban J connectivity index is 0.762. The van der Waals surface area contributed by atoms with E-state index in [1.807, 2.05) is 54.6 Å². The fraction of sp³-hybridized carbons (Fsp3) is 0.0217. The van der Waals surface area contributed by atoms with E-state index in [9.17, 15) is 0 Å². The van der Waals surface area contributed by atoms with Crippen LogP contribution in [0.2, 0.25) is 0 Å². The molecule has 0 spiro atoms. The van der Waals surface area contributed by atoms with Crippen LogP contribution in [0.3, 0.4) is 0 Å². The molecule has 0 bridgehead atoms. The van der Waals surface area contributed by atoms with Crippen LogP contribution >= 0.6 is 0 Å². The van der Waals surface area contributed by atoms with E-state index in [1.54, 1.807) is 0 Å². The zero-order valence-electron chi connectivity index (χ0n) is 54.1. The van der Waals surface area contributed by atoms with Gasteiger partial charge >= 0.3 is 0 Å². The van der Waals surface area contributed by atoms with Crippen LogP contribution in [0.25, 0.3) is 134 Å². The highest BCUT2D eigenvalue weighted by molar-refractivity contribution is 6.17. The van der Waals surface area contributed by atoms with E-state index in [2.05, 4.69) is 306 Å². The maximum absolute atomic E-state index is 5.59. The third-order valence-electron chi connectivity index (χ3n) is 20.8. The van der Waals surface area contributed by atoms with Gasteiger partial charge in [-0.25, -0.2) is 9.97 Å². The number of hydrogen-bond acceptors (Lipinski definition) is 6. The lowest BCUT2D eigenvalue weighted by atomic mass is 9.66. The van der Waals surface area contributed by atoms with E-state index < -0.39 is 10.8 Å². The van der Waals surface area contributed by atoms with Crippen molar-refractivity contribution >= 4 is 43.6 Å². The van der Waals surface area contributed by atoms with Gasteiger partial charge in [-0.3, -0.25) is 9.13 Å². The summed E-state index contributed by atoms with van der Waals surface area (Å²) in [4.78, 5) is 32.3. The quantitative estimate of drug-likeness (QED) is 0.128. The Morgan fingerprint density at radius 1 is 0.230 bits per heavy atom. The molecule has 8 nitrogen and oxygen atoms in total. The van der Waals surface area contributed by atoms with Gasteiger partial charge < -0.3 is 0 Å². The van der Waals surface area contributed by atoms with Gasteiger partial charge in [0.1, 0.15) is 0 Å². The molecule has 100 heavy (non-hydrogen) atoms. The van der Waals surface area contributed by atoms with Crippen molar-refractivity contribution in [3.63, 3.8) is 0 Å². The summed E-state index contributed by atoms with van der Waals surface area (Å²) in [6.07, 6.45) is 0. The molecule has 0 saturated heterocycles. The van der Waals surface area contributed by atoms with E-state index in [0.29, 0.717) is 35.2 Å². The van der Waals surface area contributed by atoms with Gasteiger partial charge in [-0.05, 0) is 96.6 Å². The predicted octanol–water partition coefficient (Wildman–Crippen LogP) is 21.3. The number of para-hydroxylation sites is 2. The highest BCUT2D eigenvalue weighted by Gasteiger charge is 2.49. The van der Waals surface area contributed by atoms with Crippen molar-refractivity contribution < 1.29 is 0 Å². The summed E-state index contributed by atoms with van der Waals surface area (Å²) in [7, 11) is 0. The summed E-state index contributed by atoms with van der Waals surface area (Å²) in [6, 6.07) is 126. The Labute approximate surface area is 577 Å². The minimum atomic E-state index is -0.782. The molecule has 0 saturated carbocycles. The molecule has 8 heteroatoms. The first-order chi connectivity index (χ1) is 49.6. The average molecular weight is 1280 g/mol. The monoisotopic (exact) mass is 1270 g/mol. The van der Waals surface area contributed by atoms with Crippen molar-refractivity contribution in [2.75, 3.05) is 0 Å². The van der Waals surface area contributed by atoms with Crippen LogP contribution in [0.5, 0.6) is 0 Å². The van der Waals surface area contributed by atoms with Crippen LogP contribution < -0.4 is 0 Å². The van der Waals surface area contributed by atoms with E-state index in [1.165, 1.54) is 55.6 Å². The number of hydrogen-bond donors (Lipinski definition) is 0. The third-order valence-corrected chi connectivity index (χ3v) is 20.8. The second-order valence-electron chi connectivity index (χ2n) is 26.0. The molecule has 2 aliphatic rings. The van der Waals surface area contributed by atoms with Crippen molar-refractivity contribution in [2.24, 2.45) is 0 Å². The van der Waals surface area contributed by atoms with Gasteiger partial charge in [0.25, 0.3) is 0 Å². The summed E-state index contributed by atoms with van der Waals surface area (Å²) in [5, 5.41) is 4.49. The third kappa shape index (κ3) is 8.47. The van der Waals surface area contributed by atoms with Crippen LogP contribution in [-0.2, 0) is 10.8 Å². The average Bonchev–Trinajstić information content (AvgIpc) is 1.52. The molecule has 0 fully saturated rings. The normalized spacial score (nSPS) is 14.1. The lowest BCUT2D eigenvalue weighted by molar-refractivity contribution is 0.769. The first-order valence-electron chi connectivity index (χ1n) is 34.0. The van der Waals surface area contributed by atoms with Crippen molar-refractivity contribution in [2.45, 2.75) is 10.8 Å². The Morgan fingerprint density at radius 2 is 0.650 bits per heavy atom. The molecule has 20 rings (SSSR count). The van der Waals surface area contributed by atoms with Gasteiger partial charge in [-0.15, -0.1) is 0 Å². The van der Waals surface area contributed by atoms with E-state index in [4.69, 9.17) is 29.9 Å². The summed E-state index contributed by atoms with van der Waals surface area (Å²) >= 11 is 0. The molecule has 0 radical (unpaired) electrons. The molecule has 14 aromatic carbocycles. The van der Waals surface area contributed by atoms with Crippen LogP contribution in [0, 0.1) is 0 Å². The fourth-order valence-corrected chi connectivity index (χ4v) is 16.7. The Morgan fingerprint density at radius 3 is 1.22 bits per heavy atom. The zero-order chi connectivity index (χ0) is 65.9. The van der Waals surface area contributed by atoms with E-state index in [0.717, 1.165) is 88.1 Å². The summed E-state index contributed by atoms with van der Waals surface area (Å²) in [5.74, 6) is 3.45. The molecule has 0 N–H and O–H groups in total. The van der Waals surface area contributed by atoms with Crippen LogP contribution in [0.1, 0.15) is 44.5 Å². The molecular weight excluding hydrogens is 1220 g/mol. The number of benzene rings is 14. The molecule has 1 unspecified atom stereocenters. The summed E-state index contributed by atoms with van der Waals surface area (Å²) in [5.41, 5.74) is 22.7. The Kier molecular flexibility index (Phi) is 12.9. The van der Waals surface area contributed by atoms with Crippen molar-refractivity contribution in [1.82, 2.24) is 39.0 Å². The molecule has 2 aliphatic carbocycles. The predicted molar refractivity (Wildman–Crippen MR) is 404 cm³/mol. The maximum Gasteiger partial charge on any atom is 0.238 e. The topological polar surface area (TPSA) is 87.2 Å². The van der Waals surface area contributed by atoms with Gasteiger partial charge in [0.2, 0.25) is 11.9 Å². The van der Waals surface area contributed by atoms with Gasteiger partial charge in [0.15, 0.2) is 23.3 Å². The van der Waals surface area contributed by atoms with Crippen molar-refractivity contribution in [3.8, 4) is 90.8 Å². The standard InChI is InChI=1S/C92H58N8/c1-7-28-60(29-8-1)85-93-86(61-30-9-2-10-31-61)96-89(95-85)99-79-49-26-22-45-74(79)82-80(99)57-55-71-69-42-19-23-46-75(69)92(83(71)82,67-39-17-6-18-40-67)68-41-27-34-64(58-68)59-50-52-63(53-51-59)88-94-87(62-32-11-3-12-33-62)97-90(98-88)100-78-48-25-21-43-70(78)72-54-56-77-81(84(72)100)73-44-20-24-47-76(73)91(77,65-35-13-4-14-36-65)66-37-15-5-16-38-66/h1-58H. The minimum Gasteiger partial charge on any atom is -0.278 e. The molecule has 466 valence electrons. The molecule has 0 aliphatic heterocycles. The van der Waals surface area contributed by atoms with E-state index >= 15 is 0 Å². The van der Waals surface area contributed by atoms with Gasteiger partial charge in [0, 0.05) is 49.4 Å². The SMILES string of the molecule is c1ccc(-c2nc(-c3ccccc3)nc(-n3c4ccccc4c4c5c(ccc43)-c3ccccc3C5(c3ccccc3)c3cccc(-c4ccc(-c5nc(-c6ccccc6)nc(-n6c7ccccc7c7ccc8c(c76)-c6ccccc6C8(c6ccccc6)c6ccccc6)n5)cc4)c3)n2)cc1. The fourth-order valence-electron chi connectivity index (χ4n) is 16.7. The summed E-state index contributed by atoms with van der Waals surface area (Å²) in [6.45, 7) is 0. The highest BCUT2D eigenvalue weighted by Crippen LogP contribution is 2.61. The molecule has 18 aromatic rings. The maximum atomic E-state index is 5.59. The van der Waals surface area contributed by atoms with Crippen LogP contribution in [0.15, 0.2) is 352 Å². The van der Waals surface area contributed by atoms with E-state index in [-0.39, 0.29) is 0 Å². The molecule has 1 atom stereocenters. The van der Waals surface area contributed by atoms with Crippen LogP contribution in [0.4, 0.5) is 0 Å². The zero-order valence-corrected chi connectivity index (χ0v) is 54.1. The second kappa shape index (κ2) is 22.7. The second-order valence-corrected chi connectivity index (χ2v) is 26.0. The number of aromatic nitrogens is 8. The first-order valence-corrected chi connectivity index (χ1v) is 34.0. The number of rotatable bonds is 11. The smallest absolute Gasteiger partial charge is 0.238 e. The Hall–Kier alpha value is -13.3. The van der Waals surface area contributed by atoms with Crippen LogP contribution in [-0.4, -0.2) is 39.0 Å². The first kappa shape index (κ1) is 57.0. The minimum absolute atomic E-state index is 0.539. The Bertz CT molecular complexity index is 6150. The molecule has 4 heterocycles. The van der Waals surface area contributed by atoms with Crippen molar-refractivity contribution in [1.29, 1.82) is 0 Å². The lowest BCUT2D eigenvalue weighted by Gasteiger charge is -2.34. The van der Waals surface area contributed by atoms with Gasteiger partial charge in [-0.1, -0.05) is 328 Å². The van der Waals surface area contributed by atoms with Crippen molar-refractivity contribution in [3.05, 3.63) is 396 Å². The number of nitrogens with zero attached hydrogens (tertiary/aromatic N) is 8.